The average Bonchev–Trinajstić information content (AvgIpc) is 2.63. The van der Waals surface area contributed by atoms with Crippen molar-refractivity contribution in [2.45, 2.75) is 18.5 Å². The molecule has 2 saturated heterocycles. The zero-order valence-electron chi connectivity index (χ0n) is 7.90. The molecule has 0 amide bonds. The summed E-state index contributed by atoms with van der Waals surface area (Å²) in [5, 5.41) is 3.27. The summed E-state index contributed by atoms with van der Waals surface area (Å²) >= 11 is 0. The second-order valence-corrected chi connectivity index (χ2v) is 5.95. The van der Waals surface area contributed by atoms with Crippen LogP contribution in [-0.4, -0.2) is 56.3 Å². The quantitative estimate of drug-likeness (QED) is 0.618. The number of hydrogen-bond acceptors (Lipinski definition) is 3. The molecule has 13 heavy (non-hydrogen) atoms. The van der Waals surface area contributed by atoms with Crippen LogP contribution < -0.4 is 5.32 Å². The van der Waals surface area contributed by atoms with Crippen molar-refractivity contribution < 1.29 is 8.42 Å². The lowest BCUT2D eigenvalue weighted by Crippen LogP contribution is -2.50. The molecule has 2 unspecified atom stereocenters. The van der Waals surface area contributed by atoms with Gasteiger partial charge < -0.3 is 5.32 Å². The SMILES string of the molecule is CN(C)S(=O)(=O)N1CC2CC1CN2. The zero-order chi connectivity index (χ0) is 9.64. The van der Waals surface area contributed by atoms with Crippen molar-refractivity contribution in [1.29, 1.82) is 0 Å². The number of hydrogen-bond donors (Lipinski definition) is 1. The van der Waals surface area contributed by atoms with Crippen LogP contribution in [0.2, 0.25) is 0 Å². The fourth-order valence-corrected chi connectivity index (χ4v) is 3.34. The molecule has 2 aliphatic heterocycles. The summed E-state index contributed by atoms with van der Waals surface area (Å²) in [6.07, 6.45) is 0.965. The molecule has 5 nitrogen and oxygen atoms in total. The Morgan fingerprint density at radius 2 is 2.15 bits per heavy atom. The summed E-state index contributed by atoms with van der Waals surface area (Å²) in [5.74, 6) is 0. The third-order valence-electron chi connectivity index (χ3n) is 2.76. The van der Waals surface area contributed by atoms with E-state index in [4.69, 9.17) is 0 Å². The van der Waals surface area contributed by atoms with Crippen molar-refractivity contribution in [3.05, 3.63) is 0 Å². The molecular formula is C7H15N3O2S. The Kier molecular flexibility index (Phi) is 2.10. The Morgan fingerprint density at radius 1 is 1.46 bits per heavy atom. The topological polar surface area (TPSA) is 52.7 Å². The molecule has 2 rings (SSSR count). The Hall–Kier alpha value is -0.170. The van der Waals surface area contributed by atoms with Gasteiger partial charge in [0.25, 0.3) is 10.2 Å². The van der Waals surface area contributed by atoms with E-state index in [-0.39, 0.29) is 6.04 Å². The second-order valence-electron chi connectivity index (χ2n) is 3.85. The van der Waals surface area contributed by atoms with Gasteiger partial charge in [0.1, 0.15) is 0 Å². The van der Waals surface area contributed by atoms with Crippen molar-refractivity contribution in [3.63, 3.8) is 0 Å². The van der Waals surface area contributed by atoms with Gasteiger partial charge in [-0.1, -0.05) is 0 Å². The molecule has 6 heteroatoms. The molecule has 2 fully saturated rings. The highest BCUT2D eigenvalue weighted by Gasteiger charge is 2.44. The summed E-state index contributed by atoms with van der Waals surface area (Å²) < 4.78 is 26.4. The van der Waals surface area contributed by atoms with Gasteiger partial charge in [-0.25, -0.2) is 0 Å². The zero-order valence-corrected chi connectivity index (χ0v) is 8.71. The van der Waals surface area contributed by atoms with Crippen molar-refractivity contribution in [3.8, 4) is 0 Å². The van der Waals surface area contributed by atoms with Crippen molar-refractivity contribution in [2.75, 3.05) is 27.2 Å². The van der Waals surface area contributed by atoms with Crippen molar-refractivity contribution in [1.82, 2.24) is 13.9 Å². The van der Waals surface area contributed by atoms with Crippen LogP contribution in [-0.2, 0) is 10.2 Å². The minimum absolute atomic E-state index is 0.178. The highest BCUT2D eigenvalue weighted by atomic mass is 32.2. The van der Waals surface area contributed by atoms with Gasteiger partial charge in [0.05, 0.1) is 0 Å². The van der Waals surface area contributed by atoms with E-state index in [1.54, 1.807) is 18.4 Å². The lowest BCUT2D eigenvalue weighted by Gasteiger charge is -2.28. The van der Waals surface area contributed by atoms with Gasteiger partial charge in [-0.15, -0.1) is 0 Å². The van der Waals surface area contributed by atoms with E-state index in [9.17, 15) is 8.42 Å². The molecule has 2 heterocycles. The van der Waals surface area contributed by atoms with E-state index >= 15 is 0 Å². The maximum absolute atomic E-state index is 11.7. The molecule has 0 saturated carbocycles. The lowest BCUT2D eigenvalue weighted by molar-refractivity contribution is 0.325. The summed E-state index contributed by atoms with van der Waals surface area (Å²) in [6, 6.07) is 0.553. The fourth-order valence-electron chi connectivity index (χ4n) is 2.01. The molecule has 0 aromatic carbocycles. The van der Waals surface area contributed by atoms with Crippen molar-refractivity contribution >= 4 is 10.2 Å². The molecule has 0 aromatic heterocycles. The van der Waals surface area contributed by atoms with E-state index < -0.39 is 10.2 Å². The first-order valence-electron chi connectivity index (χ1n) is 4.44. The summed E-state index contributed by atoms with van der Waals surface area (Å²) in [7, 11) is -0.0246. The van der Waals surface area contributed by atoms with Crippen LogP contribution in [0.1, 0.15) is 6.42 Å². The van der Waals surface area contributed by atoms with Crippen LogP contribution in [0.25, 0.3) is 0 Å². The van der Waals surface area contributed by atoms with Gasteiger partial charge in [0, 0.05) is 39.3 Å². The van der Waals surface area contributed by atoms with Gasteiger partial charge in [-0.2, -0.15) is 17.0 Å². The summed E-state index contributed by atoms with van der Waals surface area (Å²) in [4.78, 5) is 0. The summed E-state index contributed by atoms with van der Waals surface area (Å²) in [6.45, 7) is 1.43. The van der Waals surface area contributed by atoms with Gasteiger partial charge in [-0.05, 0) is 6.42 Å². The molecule has 0 spiro atoms. The number of piperazine rings is 1. The largest absolute Gasteiger partial charge is 0.311 e. The molecule has 0 aliphatic carbocycles. The standard InChI is InChI=1S/C7H15N3O2S/c1-9(2)13(11,12)10-5-6-3-7(10)4-8-6/h6-8H,3-5H2,1-2H3. The van der Waals surface area contributed by atoms with Gasteiger partial charge in [0.15, 0.2) is 0 Å². The van der Waals surface area contributed by atoms with E-state index in [0.29, 0.717) is 12.6 Å². The highest BCUT2D eigenvalue weighted by Crippen LogP contribution is 2.26. The molecule has 2 aliphatic rings. The minimum Gasteiger partial charge on any atom is -0.311 e. The van der Waals surface area contributed by atoms with Gasteiger partial charge >= 0.3 is 0 Å². The fraction of sp³-hybridized carbons (Fsp3) is 1.00. The van der Waals surface area contributed by atoms with Gasteiger partial charge in [0.2, 0.25) is 0 Å². The van der Waals surface area contributed by atoms with Crippen molar-refractivity contribution in [2.24, 2.45) is 0 Å². The van der Waals surface area contributed by atoms with Crippen LogP contribution in [0.3, 0.4) is 0 Å². The highest BCUT2D eigenvalue weighted by molar-refractivity contribution is 7.86. The van der Waals surface area contributed by atoms with Crippen LogP contribution in [0.5, 0.6) is 0 Å². The van der Waals surface area contributed by atoms with E-state index in [1.807, 2.05) is 0 Å². The Bertz CT molecular complexity index is 301. The van der Waals surface area contributed by atoms with E-state index in [2.05, 4.69) is 5.32 Å². The molecular weight excluding hydrogens is 190 g/mol. The third-order valence-corrected chi connectivity index (χ3v) is 4.73. The average molecular weight is 205 g/mol. The maximum atomic E-state index is 11.7. The van der Waals surface area contributed by atoms with Crippen LogP contribution in [0.15, 0.2) is 0 Å². The molecule has 0 aromatic rings. The van der Waals surface area contributed by atoms with Gasteiger partial charge in [-0.3, -0.25) is 0 Å². The number of nitrogens with one attached hydrogen (secondary N) is 1. The first-order chi connectivity index (χ1) is 6.01. The molecule has 0 radical (unpaired) electrons. The normalized spacial score (nSPS) is 34.7. The molecule has 1 N–H and O–H groups in total. The van der Waals surface area contributed by atoms with Crippen LogP contribution in [0, 0.1) is 0 Å². The maximum Gasteiger partial charge on any atom is 0.281 e. The monoisotopic (exact) mass is 205 g/mol. The second kappa shape index (κ2) is 2.91. The third kappa shape index (κ3) is 1.38. The predicted octanol–water partition coefficient (Wildman–Crippen LogP) is -1.16. The molecule has 2 bridgehead atoms. The minimum atomic E-state index is -3.18. The Labute approximate surface area is 78.9 Å². The smallest absolute Gasteiger partial charge is 0.281 e. The Balaban J connectivity index is 2.19. The Morgan fingerprint density at radius 3 is 2.54 bits per heavy atom. The number of fused-ring (bicyclic) bond motifs is 2. The van der Waals surface area contributed by atoms with Crippen LogP contribution >= 0.6 is 0 Å². The number of rotatable bonds is 2. The number of nitrogens with zero attached hydrogens (tertiary/aromatic N) is 2. The lowest BCUT2D eigenvalue weighted by atomic mass is 10.2. The first-order valence-corrected chi connectivity index (χ1v) is 5.84. The van der Waals surface area contributed by atoms with E-state index in [1.165, 1.54) is 4.31 Å². The first kappa shape index (κ1) is 9.39. The van der Waals surface area contributed by atoms with E-state index in [0.717, 1.165) is 13.0 Å². The predicted molar refractivity (Wildman–Crippen MR) is 49.5 cm³/mol. The van der Waals surface area contributed by atoms with Crippen LogP contribution in [0.4, 0.5) is 0 Å². The summed E-state index contributed by atoms with van der Waals surface area (Å²) in [5.41, 5.74) is 0. The molecule has 76 valence electrons. The molecule has 2 atom stereocenters.